The molecule has 2 aliphatic heterocycles. The van der Waals surface area contributed by atoms with Crippen molar-refractivity contribution in [3.63, 3.8) is 0 Å². The van der Waals surface area contributed by atoms with Crippen LogP contribution in [0.4, 0.5) is 0 Å². The molecule has 5 heteroatoms. The van der Waals surface area contributed by atoms with Gasteiger partial charge in [0.15, 0.2) is 0 Å². The zero-order chi connectivity index (χ0) is 13.3. The van der Waals surface area contributed by atoms with E-state index in [2.05, 4.69) is 34.0 Å². The van der Waals surface area contributed by atoms with E-state index in [0.717, 1.165) is 32.5 Å². The van der Waals surface area contributed by atoms with Crippen molar-refractivity contribution in [1.29, 1.82) is 0 Å². The molecule has 2 saturated heterocycles. The smallest absolute Gasteiger partial charge is 0.246 e. The lowest BCUT2D eigenvalue weighted by molar-refractivity contribution is -0.159. The number of rotatable bonds is 2. The number of morpholine rings is 1. The first-order chi connectivity index (χ1) is 9.18. The number of piperidine rings is 1. The lowest BCUT2D eigenvalue weighted by atomic mass is 9.83. The maximum absolute atomic E-state index is 11.3. The first-order valence-corrected chi connectivity index (χ1v) is 7.79. The highest BCUT2D eigenvalue weighted by molar-refractivity contribution is 7.07. The third-order valence-electron chi connectivity index (χ3n) is 4.35. The van der Waals surface area contributed by atoms with E-state index in [1.165, 1.54) is 5.56 Å². The second kappa shape index (κ2) is 5.23. The minimum absolute atomic E-state index is 0.0128. The normalized spacial score (nSPS) is 27.4. The summed E-state index contributed by atoms with van der Waals surface area (Å²) in [4.78, 5) is 13.8. The fraction of sp³-hybridized carbons (Fsp3) is 0.643. The summed E-state index contributed by atoms with van der Waals surface area (Å²) in [6.07, 6.45) is 2.00. The van der Waals surface area contributed by atoms with Gasteiger partial charge < -0.3 is 10.1 Å². The molecule has 0 aliphatic carbocycles. The number of nitrogens with zero attached hydrogens (tertiary/aromatic N) is 1. The van der Waals surface area contributed by atoms with Gasteiger partial charge in [0.25, 0.3) is 0 Å². The average Bonchev–Trinajstić information content (AvgIpc) is 2.90. The second-order valence-corrected chi connectivity index (χ2v) is 6.33. The predicted molar refractivity (Wildman–Crippen MR) is 75.1 cm³/mol. The molecular formula is C14H20N2O2S. The van der Waals surface area contributed by atoms with E-state index in [0.29, 0.717) is 0 Å². The number of carbonyl (C=O) groups is 1. The van der Waals surface area contributed by atoms with E-state index in [1.54, 1.807) is 11.3 Å². The quantitative estimate of drug-likeness (QED) is 0.895. The summed E-state index contributed by atoms with van der Waals surface area (Å²) < 4.78 is 5.88. The number of hydrogen-bond acceptors (Lipinski definition) is 4. The largest absolute Gasteiger partial charge is 0.363 e. The van der Waals surface area contributed by atoms with Crippen molar-refractivity contribution >= 4 is 17.2 Å². The van der Waals surface area contributed by atoms with Crippen LogP contribution < -0.4 is 5.32 Å². The standard InChI is InChI=1S/C14H20N2O2S/c1-11-14(18-9-13(17)15-11)3-5-16(6-4-14)8-12-2-7-19-10-12/h2,7,10-11H,3-6,8-9H2,1H3,(H,15,17)/t11-/m0/s1. The van der Waals surface area contributed by atoms with Crippen molar-refractivity contribution in [3.8, 4) is 0 Å². The predicted octanol–water partition coefficient (Wildman–Crippen LogP) is 1.62. The van der Waals surface area contributed by atoms with Gasteiger partial charge in [-0.15, -0.1) is 0 Å². The van der Waals surface area contributed by atoms with Gasteiger partial charge in [-0.05, 0) is 42.2 Å². The van der Waals surface area contributed by atoms with Crippen LogP contribution in [0.1, 0.15) is 25.3 Å². The van der Waals surface area contributed by atoms with Crippen LogP contribution in [0.2, 0.25) is 0 Å². The number of nitrogens with one attached hydrogen (secondary N) is 1. The molecule has 0 bridgehead atoms. The molecule has 3 heterocycles. The molecule has 2 aliphatic rings. The molecule has 0 unspecified atom stereocenters. The van der Waals surface area contributed by atoms with Gasteiger partial charge in [-0.25, -0.2) is 0 Å². The Morgan fingerprint density at radius 3 is 2.95 bits per heavy atom. The van der Waals surface area contributed by atoms with Gasteiger partial charge in [0.1, 0.15) is 6.61 Å². The first-order valence-electron chi connectivity index (χ1n) is 6.85. The van der Waals surface area contributed by atoms with Gasteiger partial charge in [0.2, 0.25) is 5.91 Å². The summed E-state index contributed by atoms with van der Waals surface area (Å²) in [7, 11) is 0. The lowest BCUT2D eigenvalue weighted by Gasteiger charge is -2.47. The number of ether oxygens (including phenoxy) is 1. The molecule has 4 nitrogen and oxygen atoms in total. The van der Waals surface area contributed by atoms with E-state index >= 15 is 0 Å². The molecule has 0 aromatic carbocycles. The summed E-state index contributed by atoms with van der Waals surface area (Å²) >= 11 is 1.75. The van der Waals surface area contributed by atoms with E-state index in [-0.39, 0.29) is 24.2 Å². The second-order valence-electron chi connectivity index (χ2n) is 5.55. The summed E-state index contributed by atoms with van der Waals surface area (Å²) in [5.74, 6) is 0.0128. The fourth-order valence-electron chi connectivity index (χ4n) is 3.06. The molecule has 1 N–H and O–H groups in total. The number of likely N-dealkylation sites (tertiary alicyclic amines) is 1. The molecule has 19 heavy (non-hydrogen) atoms. The molecule has 1 aromatic rings. The number of amides is 1. The lowest BCUT2D eigenvalue weighted by Crippen LogP contribution is -2.62. The Labute approximate surface area is 117 Å². The van der Waals surface area contributed by atoms with Gasteiger partial charge in [-0.1, -0.05) is 0 Å². The maximum Gasteiger partial charge on any atom is 0.246 e. The molecular weight excluding hydrogens is 260 g/mol. The molecule has 1 amide bonds. The highest BCUT2D eigenvalue weighted by atomic mass is 32.1. The topological polar surface area (TPSA) is 41.6 Å². The van der Waals surface area contributed by atoms with Gasteiger partial charge in [0.05, 0.1) is 11.6 Å². The van der Waals surface area contributed by atoms with E-state index in [1.807, 2.05) is 0 Å². The van der Waals surface area contributed by atoms with E-state index in [9.17, 15) is 4.79 Å². The molecule has 1 spiro atoms. The first kappa shape index (κ1) is 13.1. The van der Waals surface area contributed by atoms with Crippen LogP contribution in [-0.4, -0.2) is 42.1 Å². The van der Waals surface area contributed by atoms with Crippen LogP contribution in [0.5, 0.6) is 0 Å². The van der Waals surface area contributed by atoms with Crippen LogP contribution in [-0.2, 0) is 16.1 Å². The molecule has 3 rings (SSSR count). The summed E-state index contributed by atoms with van der Waals surface area (Å²) in [6.45, 7) is 5.38. The van der Waals surface area contributed by atoms with Gasteiger partial charge in [-0.3, -0.25) is 9.69 Å². The average molecular weight is 280 g/mol. The Morgan fingerprint density at radius 2 is 2.32 bits per heavy atom. The molecule has 1 aromatic heterocycles. The Bertz CT molecular complexity index is 438. The van der Waals surface area contributed by atoms with Crippen LogP contribution in [0.15, 0.2) is 16.8 Å². The van der Waals surface area contributed by atoms with Crippen LogP contribution in [0.25, 0.3) is 0 Å². The van der Waals surface area contributed by atoms with Gasteiger partial charge in [0, 0.05) is 19.6 Å². The third kappa shape index (κ3) is 2.68. The Morgan fingerprint density at radius 1 is 1.53 bits per heavy atom. The highest BCUT2D eigenvalue weighted by Crippen LogP contribution is 2.32. The minimum Gasteiger partial charge on any atom is -0.363 e. The van der Waals surface area contributed by atoms with Crippen molar-refractivity contribution in [3.05, 3.63) is 22.4 Å². The maximum atomic E-state index is 11.3. The van der Waals surface area contributed by atoms with Crippen molar-refractivity contribution in [2.45, 2.75) is 38.0 Å². The Balaban J connectivity index is 1.58. The highest BCUT2D eigenvalue weighted by Gasteiger charge is 2.44. The zero-order valence-corrected chi connectivity index (χ0v) is 12.0. The van der Waals surface area contributed by atoms with Crippen molar-refractivity contribution < 1.29 is 9.53 Å². The van der Waals surface area contributed by atoms with Crippen molar-refractivity contribution in [2.75, 3.05) is 19.7 Å². The Hall–Kier alpha value is -0.910. The van der Waals surface area contributed by atoms with Crippen LogP contribution in [0, 0.1) is 0 Å². The van der Waals surface area contributed by atoms with Crippen LogP contribution >= 0.6 is 11.3 Å². The minimum atomic E-state index is -0.140. The number of carbonyl (C=O) groups excluding carboxylic acids is 1. The summed E-state index contributed by atoms with van der Waals surface area (Å²) in [5.41, 5.74) is 1.26. The Kier molecular flexibility index (Phi) is 3.60. The zero-order valence-electron chi connectivity index (χ0n) is 11.2. The van der Waals surface area contributed by atoms with Crippen molar-refractivity contribution in [2.24, 2.45) is 0 Å². The fourth-order valence-corrected chi connectivity index (χ4v) is 3.72. The molecule has 0 saturated carbocycles. The summed E-state index contributed by atoms with van der Waals surface area (Å²) in [6, 6.07) is 2.31. The van der Waals surface area contributed by atoms with Crippen LogP contribution in [0.3, 0.4) is 0 Å². The molecule has 0 radical (unpaired) electrons. The van der Waals surface area contributed by atoms with Gasteiger partial charge in [-0.2, -0.15) is 11.3 Å². The molecule has 104 valence electrons. The van der Waals surface area contributed by atoms with E-state index < -0.39 is 0 Å². The van der Waals surface area contributed by atoms with E-state index in [4.69, 9.17) is 4.74 Å². The third-order valence-corrected chi connectivity index (χ3v) is 5.08. The van der Waals surface area contributed by atoms with Crippen molar-refractivity contribution in [1.82, 2.24) is 10.2 Å². The monoisotopic (exact) mass is 280 g/mol. The number of thiophene rings is 1. The number of hydrogen-bond donors (Lipinski definition) is 1. The molecule has 2 fully saturated rings. The SMILES string of the molecule is C[C@@H]1NC(=O)COC12CCN(Cc1ccsc1)CC2. The van der Waals surface area contributed by atoms with Gasteiger partial charge >= 0.3 is 0 Å². The molecule has 1 atom stereocenters. The summed E-state index contributed by atoms with van der Waals surface area (Å²) in [5, 5.41) is 7.36.